The van der Waals surface area contributed by atoms with E-state index in [2.05, 4.69) is 28.2 Å². The molecule has 4 nitrogen and oxygen atoms in total. The van der Waals surface area contributed by atoms with Crippen LogP contribution in [-0.2, 0) is 16.0 Å². The highest BCUT2D eigenvalue weighted by atomic mass is 79.9. The van der Waals surface area contributed by atoms with Gasteiger partial charge in [-0.25, -0.2) is 0 Å². The van der Waals surface area contributed by atoms with E-state index in [1.165, 1.54) is 0 Å². The first-order chi connectivity index (χ1) is 12.6. The molecule has 26 heavy (non-hydrogen) atoms. The summed E-state index contributed by atoms with van der Waals surface area (Å²) in [4.78, 5) is 26.0. The van der Waals surface area contributed by atoms with Crippen LogP contribution in [0.4, 0.5) is 5.69 Å². The minimum absolute atomic E-state index is 0.00441. The van der Waals surface area contributed by atoms with E-state index in [9.17, 15) is 9.59 Å². The van der Waals surface area contributed by atoms with Gasteiger partial charge in [0.25, 0.3) is 0 Å². The number of halogens is 1. The van der Waals surface area contributed by atoms with Crippen molar-refractivity contribution in [1.29, 1.82) is 0 Å². The molecule has 1 aliphatic rings. The van der Waals surface area contributed by atoms with Crippen molar-refractivity contribution in [2.45, 2.75) is 38.6 Å². The number of hydrogen-bond donors (Lipinski definition) is 1. The number of anilines is 1. The van der Waals surface area contributed by atoms with Crippen LogP contribution in [-0.4, -0.2) is 18.4 Å². The van der Waals surface area contributed by atoms with Gasteiger partial charge in [-0.1, -0.05) is 47.1 Å². The molecule has 0 unspecified atom stereocenters. The van der Waals surface area contributed by atoms with Crippen LogP contribution in [0.3, 0.4) is 0 Å². The van der Waals surface area contributed by atoms with Gasteiger partial charge in [0.05, 0.1) is 12.5 Å². The third kappa shape index (κ3) is 4.52. The summed E-state index contributed by atoms with van der Waals surface area (Å²) >= 11 is 3.43. The number of hydrogen-bond acceptors (Lipinski definition) is 2. The minimum Gasteiger partial charge on any atom is -0.349 e. The molecule has 136 valence electrons. The average Bonchev–Trinajstić information content (AvgIpc) is 3.07. The maximum absolute atomic E-state index is 12.4. The van der Waals surface area contributed by atoms with E-state index in [0.717, 1.165) is 40.7 Å². The Kier molecular flexibility index (Phi) is 6.09. The summed E-state index contributed by atoms with van der Waals surface area (Å²) in [6, 6.07) is 15.8. The number of carbonyl (C=O) groups excluding carboxylic acids is 2. The largest absolute Gasteiger partial charge is 0.349 e. The Morgan fingerprint density at radius 1 is 1.15 bits per heavy atom. The molecule has 0 saturated carbocycles. The molecule has 5 heteroatoms. The predicted molar refractivity (Wildman–Crippen MR) is 107 cm³/mol. The van der Waals surface area contributed by atoms with Gasteiger partial charge in [0.1, 0.15) is 0 Å². The molecule has 2 amide bonds. The molecule has 2 aromatic rings. The number of amides is 2. The maximum Gasteiger partial charge on any atom is 0.227 e. The highest BCUT2D eigenvalue weighted by Crippen LogP contribution is 2.22. The van der Waals surface area contributed by atoms with Gasteiger partial charge in [0.15, 0.2) is 0 Å². The van der Waals surface area contributed by atoms with Gasteiger partial charge in [-0.15, -0.1) is 0 Å². The Labute approximate surface area is 162 Å². The van der Waals surface area contributed by atoms with Crippen LogP contribution in [0.5, 0.6) is 0 Å². The molecule has 1 saturated heterocycles. The highest BCUT2D eigenvalue weighted by molar-refractivity contribution is 9.10. The van der Waals surface area contributed by atoms with E-state index in [4.69, 9.17) is 0 Å². The second-order valence-corrected chi connectivity index (χ2v) is 7.49. The monoisotopic (exact) mass is 414 g/mol. The van der Waals surface area contributed by atoms with Crippen molar-refractivity contribution in [1.82, 2.24) is 5.32 Å². The molecule has 0 bridgehead atoms. The second kappa shape index (κ2) is 8.49. The zero-order chi connectivity index (χ0) is 18.5. The van der Waals surface area contributed by atoms with E-state index in [-0.39, 0.29) is 17.9 Å². The summed E-state index contributed by atoms with van der Waals surface area (Å²) in [5.41, 5.74) is 2.97. The zero-order valence-corrected chi connectivity index (χ0v) is 16.5. The Hall–Kier alpha value is -2.14. The normalized spacial score (nSPS) is 15.2. The van der Waals surface area contributed by atoms with Gasteiger partial charge in [-0.3, -0.25) is 9.59 Å². The van der Waals surface area contributed by atoms with Crippen molar-refractivity contribution in [3.8, 4) is 0 Å². The summed E-state index contributed by atoms with van der Waals surface area (Å²) in [7, 11) is 0. The summed E-state index contributed by atoms with van der Waals surface area (Å²) in [6.45, 7) is 2.85. The van der Waals surface area contributed by atoms with Crippen LogP contribution in [0.2, 0.25) is 0 Å². The van der Waals surface area contributed by atoms with E-state index in [1.807, 2.05) is 53.4 Å². The van der Waals surface area contributed by atoms with Crippen molar-refractivity contribution in [2.24, 2.45) is 0 Å². The smallest absolute Gasteiger partial charge is 0.227 e. The third-order valence-corrected chi connectivity index (χ3v) is 5.23. The fourth-order valence-corrected chi connectivity index (χ4v) is 3.53. The van der Waals surface area contributed by atoms with Gasteiger partial charge < -0.3 is 10.2 Å². The molecular weight excluding hydrogens is 392 g/mol. The van der Waals surface area contributed by atoms with Gasteiger partial charge in [0, 0.05) is 23.1 Å². The molecule has 0 radical (unpaired) electrons. The van der Waals surface area contributed by atoms with E-state index in [0.29, 0.717) is 12.8 Å². The lowest BCUT2D eigenvalue weighted by Gasteiger charge is -2.18. The molecule has 0 aliphatic carbocycles. The first-order valence-corrected chi connectivity index (χ1v) is 9.80. The Morgan fingerprint density at radius 3 is 2.42 bits per heavy atom. The van der Waals surface area contributed by atoms with E-state index >= 15 is 0 Å². The molecule has 3 rings (SSSR count). The molecule has 1 heterocycles. The Morgan fingerprint density at radius 2 is 1.85 bits per heavy atom. The zero-order valence-electron chi connectivity index (χ0n) is 14.9. The number of carbonyl (C=O) groups is 2. The van der Waals surface area contributed by atoms with Crippen molar-refractivity contribution in [3.63, 3.8) is 0 Å². The molecule has 0 spiro atoms. The summed E-state index contributed by atoms with van der Waals surface area (Å²) in [5.74, 6) is 0.181. The van der Waals surface area contributed by atoms with Gasteiger partial charge in [0.2, 0.25) is 11.8 Å². The van der Waals surface area contributed by atoms with Crippen LogP contribution in [0.25, 0.3) is 0 Å². The SMILES string of the molecule is CC[C@H](NC(=O)Cc1ccc(N2CCCC2=O)cc1)c1ccc(Br)cc1. The van der Waals surface area contributed by atoms with Gasteiger partial charge >= 0.3 is 0 Å². The number of benzene rings is 2. The van der Waals surface area contributed by atoms with Crippen LogP contribution < -0.4 is 10.2 Å². The minimum atomic E-state index is 0.00441. The number of rotatable bonds is 6. The van der Waals surface area contributed by atoms with Gasteiger partial charge in [-0.05, 0) is 48.2 Å². The fourth-order valence-electron chi connectivity index (χ4n) is 3.26. The molecule has 2 aromatic carbocycles. The lowest BCUT2D eigenvalue weighted by molar-refractivity contribution is -0.121. The first-order valence-electron chi connectivity index (χ1n) is 9.01. The number of nitrogens with zero attached hydrogens (tertiary/aromatic N) is 1. The lowest BCUT2D eigenvalue weighted by Crippen LogP contribution is -2.29. The third-order valence-electron chi connectivity index (χ3n) is 4.70. The van der Waals surface area contributed by atoms with Crippen LogP contribution in [0.1, 0.15) is 43.4 Å². The van der Waals surface area contributed by atoms with Gasteiger partial charge in [-0.2, -0.15) is 0 Å². The summed E-state index contributed by atoms with van der Waals surface area (Å²) < 4.78 is 1.03. The lowest BCUT2D eigenvalue weighted by atomic mass is 10.0. The quantitative estimate of drug-likeness (QED) is 0.761. The van der Waals surface area contributed by atoms with E-state index < -0.39 is 0 Å². The summed E-state index contributed by atoms with van der Waals surface area (Å²) in [5, 5.41) is 3.11. The average molecular weight is 415 g/mol. The molecule has 1 fully saturated rings. The highest BCUT2D eigenvalue weighted by Gasteiger charge is 2.21. The summed E-state index contributed by atoms with van der Waals surface area (Å²) in [6.07, 6.45) is 2.71. The van der Waals surface area contributed by atoms with Crippen LogP contribution >= 0.6 is 15.9 Å². The Balaban J connectivity index is 1.60. The molecule has 1 N–H and O–H groups in total. The molecular formula is C21H23BrN2O2. The van der Waals surface area contributed by atoms with E-state index in [1.54, 1.807) is 0 Å². The second-order valence-electron chi connectivity index (χ2n) is 6.57. The fraction of sp³-hybridized carbons (Fsp3) is 0.333. The van der Waals surface area contributed by atoms with Crippen molar-refractivity contribution in [3.05, 3.63) is 64.1 Å². The standard InChI is InChI=1S/C21H23BrN2O2/c1-2-19(16-7-9-17(22)10-8-16)23-20(25)14-15-5-11-18(12-6-15)24-13-3-4-21(24)26/h5-12,19H,2-4,13-14H2,1H3,(H,23,25)/t19-/m0/s1. The number of nitrogens with one attached hydrogen (secondary N) is 1. The Bertz CT molecular complexity index is 772. The van der Waals surface area contributed by atoms with Crippen LogP contribution in [0, 0.1) is 0 Å². The van der Waals surface area contributed by atoms with Crippen molar-refractivity contribution >= 4 is 33.4 Å². The first kappa shape index (κ1) is 18.6. The molecule has 0 aromatic heterocycles. The van der Waals surface area contributed by atoms with Crippen LogP contribution in [0.15, 0.2) is 53.0 Å². The van der Waals surface area contributed by atoms with Crippen molar-refractivity contribution in [2.75, 3.05) is 11.4 Å². The maximum atomic E-state index is 12.4. The molecule has 1 atom stereocenters. The topological polar surface area (TPSA) is 49.4 Å². The molecule has 1 aliphatic heterocycles. The van der Waals surface area contributed by atoms with Crippen molar-refractivity contribution < 1.29 is 9.59 Å². The predicted octanol–water partition coefficient (Wildman–Crippen LogP) is 4.39.